The summed E-state index contributed by atoms with van der Waals surface area (Å²) in [5.74, 6) is -2.06. The van der Waals surface area contributed by atoms with Crippen molar-refractivity contribution in [3.8, 4) is 0 Å². The van der Waals surface area contributed by atoms with Crippen molar-refractivity contribution in [3.63, 3.8) is 0 Å². The van der Waals surface area contributed by atoms with Crippen molar-refractivity contribution < 1.29 is 9.59 Å². The van der Waals surface area contributed by atoms with E-state index in [-0.39, 0.29) is 16.5 Å². The van der Waals surface area contributed by atoms with Gasteiger partial charge in [-0.05, 0) is 48.0 Å². The number of carbonyl (C=O) groups is 2. The highest BCUT2D eigenvalue weighted by molar-refractivity contribution is 6.53. The van der Waals surface area contributed by atoms with Gasteiger partial charge in [-0.2, -0.15) is 0 Å². The van der Waals surface area contributed by atoms with Crippen LogP contribution in [0.1, 0.15) is 21.8 Å². The molecule has 2 N–H and O–H groups in total. The molecule has 0 spiro atoms. The molecule has 0 saturated heterocycles. The lowest BCUT2D eigenvalue weighted by molar-refractivity contribution is -0.117. The van der Waals surface area contributed by atoms with Gasteiger partial charge in [-0.1, -0.05) is 34.8 Å². The molecule has 3 aromatic rings. The molecule has 4 rings (SSSR count). The van der Waals surface area contributed by atoms with Crippen molar-refractivity contribution in [1.29, 1.82) is 0 Å². The first kappa shape index (κ1) is 23.1. The Kier molecular flexibility index (Phi) is 6.52. The van der Waals surface area contributed by atoms with E-state index in [0.717, 1.165) is 0 Å². The molecule has 1 heterocycles. The fraction of sp³-hybridized carbons (Fsp3) is 0.143. The third-order valence-electron chi connectivity index (χ3n) is 4.85. The molecule has 164 valence electrons. The Morgan fingerprint density at radius 3 is 2.22 bits per heavy atom. The molecule has 6 nitrogen and oxygen atoms in total. The van der Waals surface area contributed by atoms with E-state index in [4.69, 9.17) is 58.0 Å². The molecule has 1 aromatic heterocycles. The molecule has 1 saturated carbocycles. The number of nitrogens with one attached hydrogen (secondary N) is 2. The minimum Gasteiger partial charge on any atom is -0.326 e. The van der Waals surface area contributed by atoms with Crippen LogP contribution in [0.25, 0.3) is 0 Å². The Morgan fingerprint density at radius 2 is 1.56 bits per heavy atom. The summed E-state index contributed by atoms with van der Waals surface area (Å²) in [6, 6.07) is 11.0. The maximum atomic E-state index is 12.9. The van der Waals surface area contributed by atoms with Gasteiger partial charge in [-0.15, -0.1) is 23.2 Å². The zero-order valence-corrected chi connectivity index (χ0v) is 19.7. The van der Waals surface area contributed by atoms with Crippen molar-refractivity contribution in [2.24, 2.45) is 5.92 Å². The van der Waals surface area contributed by atoms with Crippen molar-refractivity contribution in [3.05, 3.63) is 81.1 Å². The van der Waals surface area contributed by atoms with Crippen molar-refractivity contribution >= 4 is 81.5 Å². The number of anilines is 2. The van der Waals surface area contributed by atoms with Crippen LogP contribution >= 0.6 is 58.0 Å². The topological polar surface area (TPSA) is 84.0 Å². The van der Waals surface area contributed by atoms with Crippen LogP contribution in [0.2, 0.25) is 15.1 Å². The molecule has 32 heavy (non-hydrogen) atoms. The Bertz CT molecular complexity index is 1190. The molecule has 11 heteroatoms. The largest absolute Gasteiger partial charge is 0.326 e. The summed E-state index contributed by atoms with van der Waals surface area (Å²) in [6.45, 7) is 0. The zero-order chi connectivity index (χ0) is 23.0. The highest BCUT2D eigenvalue weighted by Crippen LogP contribution is 2.65. The molecular formula is C21H13Cl5N4O2. The van der Waals surface area contributed by atoms with E-state index >= 15 is 0 Å². The second-order valence-corrected chi connectivity index (χ2v) is 9.77. The van der Waals surface area contributed by atoms with E-state index in [1.54, 1.807) is 30.3 Å². The third kappa shape index (κ3) is 4.80. The Hall–Kier alpha value is -2.09. The summed E-state index contributed by atoms with van der Waals surface area (Å²) in [7, 11) is 0. The summed E-state index contributed by atoms with van der Waals surface area (Å²) in [4.78, 5) is 33.3. The van der Waals surface area contributed by atoms with Crippen LogP contribution in [-0.2, 0) is 4.79 Å². The second kappa shape index (κ2) is 9.04. The van der Waals surface area contributed by atoms with Crippen molar-refractivity contribution in [2.75, 3.05) is 10.6 Å². The number of hydrogen-bond acceptors (Lipinski definition) is 4. The quantitative estimate of drug-likeness (QED) is 0.384. The molecule has 1 aliphatic carbocycles. The second-order valence-electron chi connectivity index (χ2n) is 7.04. The maximum absolute atomic E-state index is 12.9. The molecule has 0 radical (unpaired) electrons. The third-order valence-corrected chi connectivity index (χ3v) is 6.56. The van der Waals surface area contributed by atoms with E-state index in [2.05, 4.69) is 20.6 Å². The van der Waals surface area contributed by atoms with Crippen molar-refractivity contribution in [2.45, 2.75) is 10.3 Å². The minimum atomic E-state index is -1.32. The standard InChI is InChI=1S/C21H13Cl5N4O2/c22-11-6-10(7-12(23)8-11)16-17(21(16,25)26)19(32)29-13-2-3-15(24)14(9-13)18(31)30-20-27-4-1-5-28-20/h1-9,16-17H,(H,29,32)(H,27,28,30,31). The molecular weight excluding hydrogens is 518 g/mol. The number of aromatic nitrogens is 2. The first-order valence-corrected chi connectivity index (χ1v) is 11.1. The van der Waals surface area contributed by atoms with Crippen molar-refractivity contribution in [1.82, 2.24) is 9.97 Å². The molecule has 0 bridgehead atoms. The van der Waals surface area contributed by atoms with Gasteiger partial charge in [-0.3, -0.25) is 14.9 Å². The number of hydrogen-bond donors (Lipinski definition) is 2. The number of nitrogens with zero attached hydrogens (tertiary/aromatic N) is 2. The lowest BCUT2D eigenvalue weighted by atomic mass is 10.1. The van der Waals surface area contributed by atoms with Crippen LogP contribution in [-0.4, -0.2) is 26.1 Å². The summed E-state index contributed by atoms with van der Waals surface area (Å²) in [6.07, 6.45) is 2.98. The van der Waals surface area contributed by atoms with Crippen LogP contribution in [0.4, 0.5) is 11.6 Å². The Labute approximate surface area is 208 Å². The summed E-state index contributed by atoms with van der Waals surface area (Å²) >= 11 is 31.1. The van der Waals surface area contributed by atoms with Gasteiger partial charge in [0.2, 0.25) is 11.9 Å². The number of halogens is 5. The molecule has 0 aliphatic heterocycles. The van der Waals surface area contributed by atoms with Gasteiger partial charge < -0.3 is 5.32 Å². The number of carbonyl (C=O) groups excluding carboxylic acids is 2. The fourth-order valence-corrected chi connectivity index (χ4v) is 4.93. The highest BCUT2D eigenvalue weighted by Gasteiger charge is 2.67. The van der Waals surface area contributed by atoms with Crippen LogP contribution in [0.3, 0.4) is 0 Å². The van der Waals surface area contributed by atoms with Crippen LogP contribution in [0, 0.1) is 5.92 Å². The van der Waals surface area contributed by atoms with E-state index in [0.29, 0.717) is 21.3 Å². The molecule has 2 aromatic carbocycles. The van der Waals surface area contributed by atoms with Gasteiger partial charge in [0.1, 0.15) is 4.33 Å². The van der Waals surface area contributed by atoms with Crippen LogP contribution in [0.15, 0.2) is 54.9 Å². The summed E-state index contributed by atoms with van der Waals surface area (Å²) in [5, 5.41) is 6.30. The smallest absolute Gasteiger partial charge is 0.259 e. The van der Waals surface area contributed by atoms with Gasteiger partial charge in [0.25, 0.3) is 5.91 Å². The number of alkyl halides is 2. The minimum absolute atomic E-state index is 0.123. The zero-order valence-electron chi connectivity index (χ0n) is 16.0. The number of rotatable bonds is 5. The average molecular weight is 531 g/mol. The molecule has 2 atom stereocenters. The monoisotopic (exact) mass is 528 g/mol. The SMILES string of the molecule is O=C(Nc1ncccn1)c1cc(NC(=O)C2C(c3cc(Cl)cc(Cl)c3)C2(Cl)Cl)ccc1Cl. The normalized spacial score (nSPS) is 18.7. The Morgan fingerprint density at radius 1 is 0.906 bits per heavy atom. The summed E-state index contributed by atoms with van der Waals surface area (Å²) in [5.41, 5.74) is 1.14. The predicted octanol–water partition coefficient (Wildman–Crippen LogP) is 6.22. The predicted molar refractivity (Wildman–Crippen MR) is 127 cm³/mol. The number of amides is 2. The lowest BCUT2D eigenvalue weighted by Crippen LogP contribution is -2.18. The average Bonchev–Trinajstić information content (AvgIpc) is 3.31. The lowest BCUT2D eigenvalue weighted by Gasteiger charge is -2.09. The Balaban J connectivity index is 1.51. The fourth-order valence-electron chi connectivity index (χ4n) is 3.35. The van der Waals surface area contributed by atoms with Crippen LogP contribution < -0.4 is 10.6 Å². The highest BCUT2D eigenvalue weighted by atomic mass is 35.5. The van der Waals surface area contributed by atoms with E-state index in [1.165, 1.54) is 24.5 Å². The summed E-state index contributed by atoms with van der Waals surface area (Å²) < 4.78 is -1.32. The van der Waals surface area contributed by atoms with Gasteiger partial charge in [0, 0.05) is 34.0 Å². The molecule has 1 aliphatic rings. The van der Waals surface area contributed by atoms with Gasteiger partial charge in [-0.25, -0.2) is 9.97 Å². The van der Waals surface area contributed by atoms with Gasteiger partial charge in [0.15, 0.2) is 0 Å². The molecule has 2 unspecified atom stereocenters. The first-order chi connectivity index (χ1) is 15.2. The van der Waals surface area contributed by atoms with E-state index < -0.39 is 28.0 Å². The van der Waals surface area contributed by atoms with E-state index in [9.17, 15) is 9.59 Å². The van der Waals surface area contributed by atoms with Gasteiger partial charge >= 0.3 is 0 Å². The molecule has 1 fully saturated rings. The van der Waals surface area contributed by atoms with Crippen LogP contribution in [0.5, 0.6) is 0 Å². The maximum Gasteiger partial charge on any atom is 0.259 e. The molecule has 2 amide bonds. The number of benzene rings is 2. The van der Waals surface area contributed by atoms with Gasteiger partial charge in [0.05, 0.1) is 16.5 Å². The first-order valence-electron chi connectivity index (χ1n) is 9.19. The van der Waals surface area contributed by atoms with E-state index in [1.807, 2.05) is 0 Å².